The SMILES string of the molecule is Cc1cc(-c2ccccc2C=O)cc(C)c1Cl. The third-order valence-corrected chi connectivity index (χ3v) is 3.43. The van der Waals surface area contributed by atoms with E-state index in [4.69, 9.17) is 11.6 Å². The molecule has 0 N–H and O–H groups in total. The molecule has 0 unspecified atom stereocenters. The molecule has 0 heterocycles. The van der Waals surface area contributed by atoms with E-state index in [0.717, 1.165) is 33.6 Å². The fraction of sp³-hybridized carbons (Fsp3) is 0.133. The van der Waals surface area contributed by atoms with Crippen molar-refractivity contribution in [3.05, 3.63) is 58.1 Å². The first-order chi connectivity index (χ1) is 8.13. The molecule has 0 spiro atoms. The number of carbonyl (C=O) groups is 1. The fourth-order valence-corrected chi connectivity index (χ4v) is 2.07. The molecular weight excluding hydrogens is 232 g/mol. The summed E-state index contributed by atoms with van der Waals surface area (Å²) in [5.74, 6) is 0. The van der Waals surface area contributed by atoms with Gasteiger partial charge in [-0.25, -0.2) is 0 Å². The summed E-state index contributed by atoms with van der Waals surface area (Å²) in [7, 11) is 0. The van der Waals surface area contributed by atoms with Gasteiger partial charge in [0.1, 0.15) is 0 Å². The minimum absolute atomic E-state index is 0.702. The van der Waals surface area contributed by atoms with Gasteiger partial charge in [-0.3, -0.25) is 4.79 Å². The molecular formula is C15H13ClO. The van der Waals surface area contributed by atoms with Crippen LogP contribution in [0, 0.1) is 13.8 Å². The first-order valence-corrected chi connectivity index (χ1v) is 5.82. The quantitative estimate of drug-likeness (QED) is 0.714. The number of hydrogen-bond acceptors (Lipinski definition) is 1. The Bertz CT molecular complexity index is 550. The lowest BCUT2D eigenvalue weighted by atomic mass is 9.97. The monoisotopic (exact) mass is 244 g/mol. The molecule has 0 saturated heterocycles. The third-order valence-electron chi connectivity index (χ3n) is 2.84. The summed E-state index contributed by atoms with van der Waals surface area (Å²) >= 11 is 6.14. The summed E-state index contributed by atoms with van der Waals surface area (Å²) < 4.78 is 0. The maximum atomic E-state index is 11.0. The van der Waals surface area contributed by atoms with E-state index < -0.39 is 0 Å². The van der Waals surface area contributed by atoms with Crippen molar-refractivity contribution in [2.45, 2.75) is 13.8 Å². The number of rotatable bonds is 2. The molecule has 0 fully saturated rings. The van der Waals surface area contributed by atoms with Crippen LogP contribution in [0.3, 0.4) is 0 Å². The molecule has 1 nitrogen and oxygen atoms in total. The molecule has 0 aromatic heterocycles. The number of aldehydes is 1. The van der Waals surface area contributed by atoms with E-state index in [1.165, 1.54) is 0 Å². The normalized spacial score (nSPS) is 10.3. The molecule has 17 heavy (non-hydrogen) atoms. The van der Waals surface area contributed by atoms with Crippen molar-refractivity contribution in [2.24, 2.45) is 0 Å². The van der Waals surface area contributed by atoms with Crippen molar-refractivity contribution in [3.63, 3.8) is 0 Å². The summed E-state index contributed by atoms with van der Waals surface area (Å²) in [6.45, 7) is 3.95. The van der Waals surface area contributed by atoms with Crippen LogP contribution in [-0.4, -0.2) is 6.29 Å². The summed E-state index contributed by atoms with van der Waals surface area (Å²) in [4.78, 5) is 11.0. The number of halogens is 1. The number of aryl methyl sites for hydroxylation is 2. The van der Waals surface area contributed by atoms with Gasteiger partial charge in [0.25, 0.3) is 0 Å². The van der Waals surface area contributed by atoms with Crippen LogP contribution in [0.15, 0.2) is 36.4 Å². The van der Waals surface area contributed by atoms with E-state index >= 15 is 0 Å². The van der Waals surface area contributed by atoms with Gasteiger partial charge in [0.2, 0.25) is 0 Å². The zero-order valence-corrected chi connectivity index (χ0v) is 10.6. The topological polar surface area (TPSA) is 17.1 Å². The van der Waals surface area contributed by atoms with E-state index in [0.29, 0.717) is 5.56 Å². The Morgan fingerprint density at radius 2 is 1.65 bits per heavy atom. The van der Waals surface area contributed by atoms with Gasteiger partial charge in [-0.15, -0.1) is 0 Å². The van der Waals surface area contributed by atoms with Crippen LogP contribution in [0.1, 0.15) is 21.5 Å². The van der Waals surface area contributed by atoms with Gasteiger partial charge < -0.3 is 0 Å². The largest absolute Gasteiger partial charge is 0.298 e. The van der Waals surface area contributed by atoms with E-state index in [-0.39, 0.29) is 0 Å². The molecule has 0 aliphatic heterocycles. The molecule has 2 aromatic rings. The average molecular weight is 245 g/mol. The second kappa shape index (κ2) is 4.72. The molecule has 0 radical (unpaired) electrons. The maximum absolute atomic E-state index is 11.0. The molecule has 0 amide bonds. The molecule has 0 aliphatic carbocycles. The number of benzene rings is 2. The lowest BCUT2D eigenvalue weighted by Gasteiger charge is -2.09. The van der Waals surface area contributed by atoms with Gasteiger partial charge in [0.05, 0.1) is 0 Å². The highest BCUT2D eigenvalue weighted by Gasteiger charge is 2.07. The highest BCUT2D eigenvalue weighted by Crippen LogP contribution is 2.29. The predicted molar refractivity (Wildman–Crippen MR) is 71.7 cm³/mol. The zero-order valence-electron chi connectivity index (χ0n) is 9.83. The van der Waals surface area contributed by atoms with Crippen LogP contribution in [0.4, 0.5) is 0 Å². The van der Waals surface area contributed by atoms with Gasteiger partial charge in [-0.05, 0) is 48.2 Å². The Morgan fingerprint density at radius 3 is 2.24 bits per heavy atom. The van der Waals surface area contributed by atoms with E-state index in [9.17, 15) is 4.79 Å². The lowest BCUT2D eigenvalue weighted by molar-refractivity contribution is 0.112. The zero-order chi connectivity index (χ0) is 12.4. The Labute approximate surface area is 106 Å². The Kier molecular flexibility index (Phi) is 3.30. The van der Waals surface area contributed by atoms with Crippen molar-refractivity contribution in [2.75, 3.05) is 0 Å². The van der Waals surface area contributed by atoms with E-state index in [1.54, 1.807) is 0 Å². The van der Waals surface area contributed by atoms with Crippen LogP contribution in [-0.2, 0) is 0 Å². The molecule has 2 rings (SSSR count). The number of carbonyl (C=O) groups excluding carboxylic acids is 1. The van der Waals surface area contributed by atoms with Crippen LogP contribution in [0.5, 0.6) is 0 Å². The van der Waals surface area contributed by atoms with Crippen LogP contribution in [0.25, 0.3) is 11.1 Å². The Balaban J connectivity index is 2.65. The smallest absolute Gasteiger partial charge is 0.150 e. The Hall–Kier alpha value is -1.60. The van der Waals surface area contributed by atoms with Gasteiger partial charge in [0, 0.05) is 10.6 Å². The van der Waals surface area contributed by atoms with Crippen molar-refractivity contribution in [1.82, 2.24) is 0 Å². The molecule has 2 heteroatoms. The maximum Gasteiger partial charge on any atom is 0.150 e. The van der Waals surface area contributed by atoms with Crippen molar-refractivity contribution in [3.8, 4) is 11.1 Å². The molecule has 0 saturated carbocycles. The first kappa shape index (κ1) is 11.9. The van der Waals surface area contributed by atoms with Gasteiger partial charge in [-0.1, -0.05) is 35.9 Å². The van der Waals surface area contributed by atoms with Gasteiger partial charge in [0.15, 0.2) is 6.29 Å². The summed E-state index contributed by atoms with van der Waals surface area (Å²) in [5.41, 5.74) is 4.75. The fourth-order valence-electron chi connectivity index (χ4n) is 1.96. The van der Waals surface area contributed by atoms with Crippen LogP contribution < -0.4 is 0 Å². The first-order valence-electron chi connectivity index (χ1n) is 5.45. The van der Waals surface area contributed by atoms with Crippen LogP contribution in [0.2, 0.25) is 5.02 Å². The standard InChI is InChI=1S/C15H13ClO/c1-10-7-13(8-11(2)15(10)16)14-6-4-3-5-12(14)9-17/h3-9H,1-2H3. The van der Waals surface area contributed by atoms with E-state index in [2.05, 4.69) is 0 Å². The Morgan fingerprint density at radius 1 is 1.06 bits per heavy atom. The minimum atomic E-state index is 0.702. The molecule has 86 valence electrons. The average Bonchev–Trinajstić information content (AvgIpc) is 2.35. The lowest BCUT2D eigenvalue weighted by Crippen LogP contribution is -1.90. The summed E-state index contributed by atoms with van der Waals surface area (Å²) in [6.07, 6.45) is 0.884. The van der Waals surface area contributed by atoms with E-state index in [1.807, 2.05) is 50.2 Å². The molecule has 2 aromatic carbocycles. The second-order valence-corrected chi connectivity index (χ2v) is 4.51. The minimum Gasteiger partial charge on any atom is -0.298 e. The van der Waals surface area contributed by atoms with Gasteiger partial charge >= 0.3 is 0 Å². The van der Waals surface area contributed by atoms with Crippen molar-refractivity contribution >= 4 is 17.9 Å². The highest BCUT2D eigenvalue weighted by atomic mass is 35.5. The van der Waals surface area contributed by atoms with Crippen molar-refractivity contribution < 1.29 is 4.79 Å². The third kappa shape index (κ3) is 2.25. The van der Waals surface area contributed by atoms with Gasteiger partial charge in [-0.2, -0.15) is 0 Å². The van der Waals surface area contributed by atoms with Crippen molar-refractivity contribution in [1.29, 1.82) is 0 Å². The predicted octanol–water partition coefficient (Wildman–Crippen LogP) is 4.44. The summed E-state index contributed by atoms with van der Waals surface area (Å²) in [5, 5.41) is 0.789. The molecule has 0 atom stereocenters. The second-order valence-electron chi connectivity index (χ2n) is 4.13. The highest BCUT2D eigenvalue weighted by molar-refractivity contribution is 6.32. The molecule has 0 aliphatic rings. The number of hydrogen-bond donors (Lipinski definition) is 0. The molecule has 0 bridgehead atoms. The summed E-state index contributed by atoms with van der Waals surface area (Å²) in [6, 6.07) is 11.6. The van der Waals surface area contributed by atoms with Crippen LogP contribution >= 0.6 is 11.6 Å².